The van der Waals surface area contributed by atoms with Gasteiger partial charge in [-0.1, -0.05) is 30.3 Å². The summed E-state index contributed by atoms with van der Waals surface area (Å²) < 4.78 is 6.63. The molecular weight excluding hydrogens is 266 g/mol. The molecule has 2 unspecified atom stereocenters. The lowest BCUT2D eigenvalue weighted by atomic mass is 9.97. The number of piperidine rings is 1. The third kappa shape index (κ3) is 2.70. The van der Waals surface area contributed by atoms with Gasteiger partial charge in [-0.2, -0.15) is 0 Å². The molecule has 1 aromatic rings. The Hall–Kier alpha value is -1.39. The van der Waals surface area contributed by atoms with E-state index in [0.717, 1.165) is 17.3 Å². The van der Waals surface area contributed by atoms with Gasteiger partial charge < -0.3 is 14.3 Å². The minimum absolute atomic E-state index is 0.0421. The highest BCUT2D eigenvalue weighted by molar-refractivity contribution is 5.76. The number of hydrogen-bond donors (Lipinski definition) is 1. The normalized spacial score (nSPS) is 31.7. The summed E-state index contributed by atoms with van der Waals surface area (Å²) in [7, 11) is 4.55. The van der Waals surface area contributed by atoms with Crippen LogP contribution in [0, 0.1) is 0 Å². The molecule has 3 rings (SSSR count). The predicted molar refractivity (Wildman–Crippen MR) is 79.4 cm³/mol. The Morgan fingerprint density at radius 2 is 1.76 bits per heavy atom. The third-order valence-corrected chi connectivity index (χ3v) is 5.41. The minimum Gasteiger partial charge on any atom is -0.460 e. The van der Waals surface area contributed by atoms with Crippen molar-refractivity contribution in [3.8, 4) is 0 Å². The number of quaternary nitrogens is 1. The van der Waals surface area contributed by atoms with Crippen molar-refractivity contribution in [2.24, 2.45) is 0 Å². The van der Waals surface area contributed by atoms with Gasteiger partial charge in [0.2, 0.25) is 0 Å². The van der Waals surface area contributed by atoms with Gasteiger partial charge in [-0.15, -0.1) is 0 Å². The van der Waals surface area contributed by atoms with E-state index in [9.17, 15) is 9.90 Å². The number of fused-ring (bicyclic) bond motifs is 2. The van der Waals surface area contributed by atoms with E-state index >= 15 is 0 Å². The average molecular weight is 290 g/mol. The summed E-state index contributed by atoms with van der Waals surface area (Å²) in [5.41, 5.74) is 0.595. The van der Waals surface area contributed by atoms with Gasteiger partial charge in [0.15, 0.2) is 6.10 Å². The number of hydrogen-bond acceptors (Lipinski definition) is 3. The van der Waals surface area contributed by atoms with Crippen molar-refractivity contribution in [2.75, 3.05) is 14.1 Å². The quantitative estimate of drug-likeness (QED) is 0.684. The fourth-order valence-electron chi connectivity index (χ4n) is 3.93. The molecule has 0 amide bonds. The molecule has 4 heteroatoms. The number of ether oxygens (including phenoxy) is 1. The lowest BCUT2D eigenvalue weighted by Gasteiger charge is -2.43. The van der Waals surface area contributed by atoms with E-state index in [-0.39, 0.29) is 6.10 Å². The molecular formula is C17H24NO3+. The van der Waals surface area contributed by atoms with Crippen molar-refractivity contribution in [2.45, 2.75) is 50.0 Å². The van der Waals surface area contributed by atoms with E-state index < -0.39 is 12.1 Å². The highest BCUT2D eigenvalue weighted by atomic mass is 16.6. The van der Waals surface area contributed by atoms with Crippen LogP contribution >= 0.6 is 0 Å². The molecule has 2 bridgehead atoms. The second kappa shape index (κ2) is 5.43. The fourth-order valence-corrected chi connectivity index (χ4v) is 3.93. The van der Waals surface area contributed by atoms with Gasteiger partial charge in [0.05, 0.1) is 26.2 Å². The van der Waals surface area contributed by atoms with Crippen LogP contribution in [-0.4, -0.2) is 47.8 Å². The molecule has 0 radical (unpaired) electrons. The first kappa shape index (κ1) is 14.5. The molecule has 2 aliphatic rings. The van der Waals surface area contributed by atoms with Gasteiger partial charge in [-0.05, 0) is 5.56 Å². The van der Waals surface area contributed by atoms with Crippen LogP contribution in [0.4, 0.5) is 0 Å². The van der Waals surface area contributed by atoms with Gasteiger partial charge in [0.25, 0.3) is 0 Å². The summed E-state index contributed by atoms with van der Waals surface area (Å²) in [6.45, 7) is 0. The zero-order valence-electron chi connectivity index (χ0n) is 12.7. The first-order valence-electron chi connectivity index (χ1n) is 7.75. The molecule has 0 saturated carbocycles. The highest BCUT2D eigenvalue weighted by Crippen LogP contribution is 2.40. The van der Waals surface area contributed by atoms with Gasteiger partial charge in [0.1, 0.15) is 6.10 Å². The van der Waals surface area contributed by atoms with Gasteiger partial charge in [-0.3, -0.25) is 0 Å². The Morgan fingerprint density at radius 1 is 1.19 bits per heavy atom. The zero-order chi connectivity index (χ0) is 15.0. The number of aliphatic hydroxyl groups excluding tert-OH is 1. The molecule has 0 aromatic heterocycles. The van der Waals surface area contributed by atoms with Crippen LogP contribution < -0.4 is 0 Å². The smallest absolute Gasteiger partial charge is 0.339 e. The molecule has 0 spiro atoms. The SMILES string of the molecule is C[N+]1(C)[C@@H]2CC[C@H]1CC(OC(=O)C(O)c1ccccc1)C2. The Balaban J connectivity index is 1.62. The zero-order valence-corrected chi connectivity index (χ0v) is 12.7. The van der Waals surface area contributed by atoms with E-state index in [2.05, 4.69) is 14.1 Å². The topological polar surface area (TPSA) is 46.5 Å². The summed E-state index contributed by atoms with van der Waals surface area (Å²) >= 11 is 0. The molecule has 114 valence electrons. The molecule has 2 heterocycles. The van der Waals surface area contributed by atoms with Crippen molar-refractivity contribution >= 4 is 5.97 Å². The van der Waals surface area contributed by atoms with Gasteiger partial charge in [0, 0.05) is 25.7 Å². The monoisotopic (exact) mass is 290 g/mol. The second-order valence-corrected chi connectivity index (χ2v) is 6.86. The predicted octanol–water partition coefficient (Wildman–Crippen LogP) is 2.03. The van der Waals surface area contributed by atoms with Crippen molar-refractivity contribution in [3.63, 3.8) is 0 Å². The number of rotatable bonds is 3. The Morgan fingerprint density at radius 3 is 2.33 bits per heavy atom. The van der Waals surface area contributed by atoms with Crippen LogP contribution in [0.3, 0.4) is 0 Å². The Kier molecular flexibility index (Phi) is 3.76. The summed E-state index contributed by atoms with van der Waals surface area (Å²) in [4.78, 5) is 12.1. The largest absolute Gasteiger partial charge is 0.460 e. The molecule has 1 aromatic carbocycles. The number of carbonyl (C=O) groups excluding carboxylic acids is 1. The summed E-state index contributed by atoms with van der Waals surface area (Å²) in [5.74, 6) is -0.516. The van der Waals surface area contributed by atoms with Gasteiger partial charge >= 0.3 is 5.97 Å². The summed E-state index contributed by atoms with van der Waals surface area (Å²) in [6, 6.07) is 10.1. The van der Waals surface area contributed by atoms with E-state index in [1.165, 1.54) is 12.8 Å². The summed E-state index contributed by atoms with van der Waals surface area (Å²) in [5, 5.41) is 10.1. The van der Waals surface area contributed by atoms with Crippen molar-refractivity contribution < 1.29 is 19.1 Å². The van der Waals surface area contributed by atoms with E-state index in [1.807, 2.05) is 18.2 Å². The van der Waals surface area contributed by atoms with Crippen molar-refractivity contribution in [3.05, 3.63) is 35.9 Å². The first-order chi connectivity index (χ1) is 9.98. The molecule has 2 fully saturated rings. The molecule has 2 aliphatic heterocycles. The van der Waals surface area contributed by atoms with E-state index in [4.69, 9.17) is 4.74 Å². The molecule has 4 atom stereocenters. The number of nitrogens with zero attached hydrogens (tertiary/aromatic N) is 1. The van der Waals surface area contributed by atoms with E-state index in [1.54, 1.807) is 12.1 Å². The van der Waals surface area contributed by atoms with Crippen molar-refractivity contribution in [1.82, 2.24) is 0 Å². The number of benzene rings is 1. The summed E-state index contributed by atoms with van der Waals surface area (Å²) in [6.07, 6.45) is 3.04. The van der Waals surface area contributed by atoms with Crippen LogP contribution in [0.5, 0.6) is 0 Å². The van der Waals surface area contributed by atoms with Crippen molar-refractivity contribution in [1.29, 1.82) is 0 Å². The molecule has 21 heavy (non-hydrogen) atoms. The second-order valence-electron chi connectivity index (χ2n) is 6.86. The standard InChI is InChI=1S/C17H24NO3/c1-18(2)13-8-9-14(18)11-15(10-13)21-17(20)16(19)12-6-4-3-5-7-12/h3-7,13-16,19H,8-11H2,1-2H3/q+1/t13-,14+,15?,16?. The van der Waals surface area contributed by atoms with Crippen LogP contribution in [0.1, 0.15) is 37.4 Å². The molecule has 2 saturated heterocycles. The number of carbonyl (C=O) groups is 1. The lowest BCUT2D eigenvalue weighted by molar-refractivity contribution is -0.931. The number of aliphatic hydroxyl groups is 1. The van der Waals surface area contributed by atoms with Crippen LogP contribution in [-0.2, 0) is 9.53 Å². The van der Waals surface area contributed by atoms with Crippen LogP contribution in [0.25, 0.3) is 0 Å². The maximum Gasteiger partial charge on any atom is 0.339 e. The van der Waals surface area contributed by atoms with Gasteiger partial charge in [-0.25, -0.2) is 4.79 Å². The molecule has 1 N–H and O–H groups in total. The van der Waals surface area contributed by atoms with Crippen LogP contribution in [0.15, 0.2) is 30.3 Å². The van der Waals surface area contributed by atoms with E-state index in [0.29, 0.717) is 17.6 Å². The minimum atomic E-state index is -1.17. The van der Waals surface area contributed by atoms with Crippen LogP contribution in [0.2, 0.25) is 0 Å². The Labute approximate surface area is 125 Å². The average Bonchev–Trinajstić information content (AvgIpc) is 2.67. The molecule has 4 nitrogen and oxygen atoms in total. The lowest BCUT2D eigenvalue weighted by Crippen LogP contribution is -2.56. The maximum absolute atomic E-state index is 12.1. The highest BCUT2D eigenvalue weighted by Gasteiger charge is 2.50. The molecule has 0 aliphatic carbocycles. The maximum atomic E-state index is 12.1. The number of esters is 1. The Bertz CT molecular complexity index is 498. The third-order valence-electron chi connectivity index (χ3n) is 5.41. The first-order valence-corrected chi connectivity index (χ1v) is 7.75. The fraction of sp³-hybridized carbons (Fsp3) is 0.588.